The van der Waals surface area contributed by atoms with Crippen LogP contribution in [0.1, 0.15) is 34.5 Å². The molecular formula is C29H21N3O7. The number of nitrogens with zero attached hydrogens (tertiary/aromatic N) is 3. The Morgan fingerprint density at radius 2 is 1.56 bits per heavy atom. The molecule has 3 aromatic carbocycles. The predicted octanol–water partition coefficient (Wildman–Crippen LogP) is 3.92. The van der Waals surface area contributed by atoms with Crippen molar-refractivity contribution in [1.29, 1.82) is 0 Å². The van der Waals surface area contributed by atoms with Crippen LogP contribution in [0.3, 0.4) is 0 Å². The van der Waals surface area contributed by atoms with Crippen molar-refractivity contribution < 1.29 is 28.8 Å². The lowest BCUT2D eigenvalue weighted by atomic mass is 9.83. The highest BCUT2D eigenvalue weighted by Gasteiger charge is 2.64. The monoisotopic (exact) mass is 523 g/mol. The topological polar surface area (TPSA) is 127 Å². The predicted molar refractivity (Wildman–Crippen MR) is 138 cm³/mol. The molecule has 194 valence electrons. The number of ketones is 1. The highest BCUT2D eigenvalue weighted by molar-refractivity contribution is 6.24. The van der Waals surface area contributed by atoms with Crippen LogP contribution in [0.4, 0.5) is 11.4 Å². The average Bonchev–Trinajstić information content (AvgIpc) is 3.41. The number of hydrogen-bond acceptors (Lipinski definition) is 8. The van der Waals surface area contributed by atoms with Crippen molar-refractivity contribution in [1.82, 2.24) is 4.90 Å². The van der Waals surface area contributed by atoms with Crippen molar-refractivity contribution in [3.05, 3.63) is 106 Å². The van der Waals surface area contributed by atoms with Gasteiger partial charge in [-0.2, -0.15) is 0 Å². The molecule has 6 rings (SSSR count). The SMILES string of the molecule is CC(=O)Oc1ccc(N2C(=O)[C@@H]3[C@H](C2=O)C2c4ccccc4C=CN2[C@@H]3C(=O)c2ccc([N+](=O)[O-])cc2)cc1. The van der Waals surface area contributed by atoms with Crippen molar-refractivity contribution in [2.45, 2.75) is 19.0 Å². The Balaban J connectivity index is 1.42. The van der Waals surface area contributed by atoms with E-state index in [1.54, 1.807) is 11.1 Å². The number of rotatable bonds is 5. The van der Waals surface area contributed by atoms with Gasteiger partial charge in [0.1, 0.15) is 11.8 Å². The van der Waals surface area contributed by atoms with E-state index in [-0.39, 0.29) is 17.0 Å². The van der Waals surface area contributed by atoms with Gasteiger partial charge in [-0.25, -0.2) is 4.90 Å². The summed E-state index contributed by atoms with van der Waals surface area (Å²) in [5, 5.41) is 11.1. The summed E-state index contributed by atoms with van der Waals surface area (Å²) in [7, 11) is 0. The molecule has 1 unspecified atom stereocenters. The Labute approximate surface area is 222 Å². The van der Waals surface area contributed by atoms with Crippen molar-refractivity contribution >= 4 is 41.0 Å². The maximum absolute atomic E-state index is 13.9. The lowest BCUT2D eigenvalue weighted by molar-refractivity contribution is -0.384. The third-order valence-corrected chi connectivity index (χ3v) is 7.45. The Morgan fingerprint density at radius 3 is 2.23 bits per heavy atom. The van der Waals surface area contributed by atoms with E-state index in [0.29, 0.717) is 5.69 Å². The first kappa shape index (κ1) is 24.2. The summed E-state index contributed by atoms with van der Waals surface area (Å²) < 4.78 is 5.06. The van der Waals surface area contributed by atoms with E-state index in [9.17, 15) is 29.3 Å². The number of esters is 1. The second kappa shape index (κ2) is 9.02. The number of Topliss-reactive ketones (excluding diaryl/α,β-unsaturated/α-hetero) is 1. The van der Waals surface area contributed by atoms with Gasteiger partial charge in [0.25, 0.3) is 5.69 Å². The molecule has 0 bridgehead atoms. The fourth-order valence-corrected chi connectivity index (χ4v) is 5.86. The Morgan fingerprint density at radius 1 is 0.897 bits per heavy atom. The summed E-state index contributed by atoms with van der Waals surface area (Å²) in [4.78, 5) is 66.5. The van der Waals surface area contributed by atoms with Gasteiger partial charge in [-0.05, 0) is 53.6 Å². The molecular weight excluding hydrogens is 502 g/mol. The number of carbonyl (C=O) groups excluding carboxylic acids is 4. The molecule has 0 saturated carbocycles. The first-order chi connectivity index (χ1) is 18.8. The molecule has 10 nitrogen and oxygen atoms in total. The number of hydrogen-bond donors (Lipinski definition) is 0. The van der Waals surface area contributed by atoms with Gasteiger partial charge in [0.2, 0.25) is 11.8 Å². The van der Waals surface area contributed by atoms with Gasteiger partial charge in [0.05, 0.1) is 28.5 Å². The van der Waals surface area contributed by atoms with Crippen LogP contribution in [0.2, 0.25) is 0 Å². The molecule has 3 aliphatic rings. The van der Waals surface area contributed by atoms with Crippen LogP contribution in [-0.2, 0) is 14.4 Å². The third-order valence-electron chi connectivity index (χ3n) is 7.45. The first-order valence-electron chi connectivity index (χ1n) is 12.3. The van der Waals surface area contributed by atoms with E-state index < -0.39 is 52.4 Å². The first-order valence-corrected chi connectivity index (χ1v) is 12.3. The molecule has 2 amide bonds. The molecule has 0 radical (unpaired) electrons. The number of amides is 2. The van der Waals surface area contributed by atoms with E-state index >= 15 is 0 Å². The van der Waals surface area contributed by atoms with Gasteiger partial charge < -0.3 is 9.64 Å². The molecule has 0 aromatic heterocycles. The molecule has 39 heavy (non-hydrogen) atoms. The van der Waals surface area contributed by atoms with Gasteiger partial charge in [0, 0.05) is 30.8 Å². The molecule has 3 aromatic rings. The van der Waals surface area contributed by atoms with Gasteiger partial charge in [-0.1, -0.05) is 24.3 Å². The van der Waals surface area contributed by atoms with E-state index in [4.69, 9.17) is 4.74 Å². The molecule has 3 heterocycles. The number of fused-ring (bicyclic) bond motifs is 5. The lowest BCUT2D eigenvalue weighted by Gasteiger charge is -2.35. The zero-order chi connectivity index (χ0) is 27.4. The summed E-state index contributed by atoms with van der Waals surface area (Å²) in [5.74, 6) is -3.37. The number of nitro groups is 1. The molecule has 2 fully saturated rings. The van der Waals surface area contributed by atoms with Crippen LogP contribution >= 0.6 is 0 Å². The Hall–Kier alpha value is -5.12. The summed E-state index contributed by atoms with van der Waals surface area (Å²) in [6.45, 7) is 1.27. The Bertz CT molecular complexity index is 1580. The summed E-state index contributed by atoms with van der Waals surface area (Å²) >= 11 is 0. The highest BCUT2D eigenvalue weighted by atomic mass is 16.6. The molecule has 0 spiro atoms. The molecule has 0 N–H and O–H groups in total. The van der Waals surface area contributed by atoms with Gasteiger partial charge in [0.15, 0.2) is 5.78 Å². The number of benzene rings is 3. The molecule has 2 saturated heterocycles. The zero-order valence-corrected chi connectivity index (χ0v) is 20.6. The largest absolute Gasteiger partial charge is 0.427 e. The van der Waals surface area contributed by atoms with Crippen molar-refractivity contribution in [2.24, 2.45) is 11.8 Å². The second-order valence-electron chi connectivity index (χ2n) is 9.60. The smallest absolute Gasteiger partial charge is 0.308 e. The van der Waals surface area contributed by atoms with Crippen LogP contribution in [0.15, 0.2) is 79.0 Å². The standard InChI is InChI=1S/C29H21N3O7/c1-16(33)39-21-12-10-19(11-13-21)31-28(35)23-24(29(31)36)26(27(34)18-6-8-20(9-7-18)32(37)38)30-15-14-17-4-2-3-5-22(17)25(23)30/h2-15,23-26H,1H3/t23-,24+,25?,26-/m0/s1. The minimum Gasteiger partial charge on any atom is -0.427 e. The summed E-state index contributed by atoms with van der Waals surface area (Å²) in [6.07, 6.45) is 3.60. The Kier molecular flexibility index (Phi) is 5.60. The van der Waals surface area contributed by atoms with Gasteiger partial charge in [-0.3, -0.25) is 29.3 Å². The van der Waals surface area contributed by atoms with Crippen LogP contribution < -0.4 is 9.64 Å². The minimum atomic E-state index is -0.993. The number of nitro benzene ring substituents is 1. The van der Waals surface area contributed by atoms with Crippen molar-refractivity contribution in [3.63, 3.8) is 0 Å². The van der Waals surface area contributed by atoms with Crippen molar-refractivity contribution in [3.8, 4) is 5.75 Å². The lowest BCUT2D eigenvalue weighted by Crippen LogP contribution is -2.44. The molecule has 3 aliphatic heterocycles. The van der Waals surface area contributed by atoms with Gasteiger partial charge in [-0.15, -0.1) is 0 Å². The molecule has 0 aliphatic carbocycles. The maximum Gasteiger partial charge on any atom is 0.308 e. The van der Waals surface area contributed by atoms with Gasteiger partial charge >= 0.3 is 5.97 Å². The number of non-ortho nitro benzene ring substituents is 1. The fraction of sp³-hybridized carbons (Fsp3) is 0.172. The third kappa shape index (κ3) is 3.80. The highest BCUT2D eigenvalue weighted by Crippen LogP contribution is 2.53. The minimum absolute atomic E-state index is 0.156. The van der Waals surface area contributed by atoms with Crippen LogP contribution in [0, 0.1) is 22.0 Å². The van der Waals surface area contributed by atoms with E-state index in [1.807, 2.05) is 30.3 Å². The van der Waals surface area contributed by atoms with E-state index in [0.717, 1.165) is 16.0 Å². The fourth-order valence-electron chi connectivity index (χ4n) is 5.86. The van der Waals surface area contributed by atoms with Crippen LogP contribution in [0.5, 0.6) is 5.75 Å². The summed E-state index contributed by atoms with van der Waals surface area (Å²) in [6, 6.07) is 17.3. The normalized spacial score (nSPS) is 22.8. The average molecular weight is 524 g/mol. The molecule has 10 heteroatoms. The second-order valence-corrected chi connectivity index (χ2v) is 9.60. The molecule has 4 atom stereocenters. The van der Waals surface area contributed by atoms with Crippen LogP contribution in [-0.4, -0.2) is 39.4 Å². The number of imide groups is 1. The zero-order valence-electron chi connectivity index (χ0n) is 20.6. The number of carbonyl (C=O) groups is 4. The van der Waals surface area contributed by atoms with E-state index in [1.165, 1.54) is 55.5 Å². The summed E-state index contributed by atoms with van der Waals surface area (Å²) in [5.41, 5.74) is 2.09. The number of anilines is 1. The van der Waals surface area contributed by atoms with Crippen molar-refractivity contribution in [2.75, 3.05) is 4.90 Å². The quantitative estimate of drug-likeness (QED) is 0.123. The van der Waals surface area contributed by atoms with Crippen LogP contribution in [0.25, 0.3) is 6.08 Å². The maximum atomic E-state index is 13.9. The van der Waals surface area contributed by atoms with E-state index in [2.05, 4.69) is 0 Å². The number of ether oxygens (including phenoxy) is 1.